The smallest absolute Gasteiger partial charge is 0.263 e. The first-order valence-corrected chi connectivity index (χ1v) is 10.3. The van der Waals surface area contributed by atoms with Crippen LogP contribution in [0.15, 0.2) is 52.8 Å². The molecular weight excluding hydrogens is 418 g/mol. The summed E-state index contributed by atoms with van der Waals surface area (Å²) in [5, 5.41) is 12.2. The third-order valence-electron chi connectivity index (χ3n) is 5.38. The largest absolute Gasteiger partial charge is 0.323 e. The van der Waals surface area contributed by atoms with Gasteiger partial charge in [0.1, 0.15) is 6.54 Å². The molecule has 0 radical (unpaired) electrons. The number of carbonyl (C=O) groups is 3. The van der Waals surface area contributed by atoms with Crippen LogP contribution in [0.4, 0.5) is 11.4 Å². The lowest BCUT2D eigenvalue weighted by molar-refractivity contribution is -0.123. The van der Waals surface area contributed by atoms with Crippen LogP contribution in [0.5, 0.6) is 0 Å². The minimum atomic E-state index is -0.951. The van der Waals surface area contributed by atoms with Crippen molar-refractivity contribution in [1.29, 1.82) is 0 Å². The van der Waals surface area contributed by atoms with Crippen LogP contribution in [0.2, 0.25) is 5.02 Å². The number of hydrogen-bond donors (Lipinski definition) is 1. The van der Waals surface area contributed by atoms with Gasteiger partial charge in [-0.3, -0.25) is 19.4 Å². The predicted molar refractivity (Wildman–Crippen MR) is 117 cm³/mol. The first kappa shape index (κ1) is 21.0. The van der Waals surface area contributed by atoms with Crippen molar-refractivity contribution in [3.8, 4) is 0 Å². The van der Waals surface area contributed by atoms with Gasteiger partial charge in [-0.05, 0) is 48.2 Å². The van der Waals surface area contributed by atoms with E-state index in [0.717, 1.165) is 16.0 Å². The number of rotatable bonds is 5. The Labute approximate surface area is 184 Å². The zero-order valence-electron chi connectivity index (χ0n) is 17.4. The molecule has 2 aliphatic heterocycles. The quantitative estimate of drug-likeness (QED) is 0.718. The van der Waals surface area contributed by atoms with Gasteiger partial charge in [-0.2, -0.15) is 5.11 Å². The number of fused-ring (bicyclic) bond motifs is 1. The molecule has 0 spiro atoms. The van der Waals surface area contributed by atoms with Crippen LogP contribution in [0.1, 0.15) is 30.9 Å². The summed E-state index contributed by atoms with van der Waals surface area (Å²) in [5.74, 6) is -0.965. The Morgan fingerprint density at radius 2 is 1.84 bits per heavy atom. The lowest BCUT2D eigenvalue weighted by Crippen LogP contribution is -2.43. The van der Waals surface area contributed by atoms with Crippen molar-refractivity contribution >= 4 is 40.7 Å². The number of imide groups is 1. The molecule has 0 saturated carbocycles. The highest BCUT2D eigenvalue weighted by Crippen LogP contribution is 2.32. The maximum atomic E-state index is 13.0. The summed E-state index contributed by atoms with van der Waals surface area (Å²) >= 11 is 6.16. The Hall–Kier alpha value is -3.26. The molecule has 2 unspecified atom stereocenters. The predicted octanol–water partition coefficient (Wildman–Crippen LogP) is 3.70. The number of nitrogens with one attached hydrogen (secondary N) is 1. The van der Waals surface area contributed by atoms with Crippen molar-refractivity contribution in [1.82, 2.24) is 5.01 Å². The molecule has 0 aromatic heterocycles. The second-order valence-corrected chi connectivity index (χ2v) is 8.39. The molecule has 9 heteroatoms. The van der Waals surface area contributed by atoms with Crippen molar-refractivity contribution < 1.29 is 14.4 Å². The van der Waals surface area contributed by atoms with Gasteiger partial charge in [-0.15, -0.1) is 0 Å². The highest BCUT2D eigenvalue weighted by Gasteiger charge is 2.55. The minimum Gasteiger partial charge on any atom is -0.323 e. The average molecular weight is 440 g/mol. The van der Waals surface area contributed by atoms with Gasteiger partial charge in [0.15, 0.2) is 12.1 Å². The molecule has 1 fully saturated rings. The second-order valence-electron chi connectivity index (χ2n) is 7.98. The van der Waals surface area contributed by atoms with E-state index in [0.29, 0.717) is 22.3 Å². The zero-order valence-corrected chi connectivity index (χ0v) is 18.1. The van der Waals surface area contributed by atoms with Crippen LogP contribution in [-0.2, 0) is 14.4 Å². The van der Waals surface area contributed by atoms with E-state index in [1.165, 1.54) is 5.01 Å². The fourth-order valence-electron chi connectivity index (χ4n) is 3.67. The van der Waals surface area contributed by atoms with E-state index in [2.05, 4.69) is 29.5 Å². The number of halogens is 1. The van der Waals surface area contributed by atoms with Crippen LogP contribution in [-0.4, -0.2) is 41.4 Å². The van der Waals surface area contributed by atoms with Gasteiger partial charge in [-0.1, -0.05) is 48.9 Å². The van der Waals surface area contributed by atoms with Crippen LogP contribution >= 0.6 is 11.6 Å². The second kappa shape index (κ2) is 8.11. The summed E-state index contributed by atoms with van der Waals surface area (Å²) in [7, 11) is 0. The molecule has 160 valence electrons. The maximum Gasteiger partial charge on any atom is 0.263 e. The molecule has 2 aromatic rings. The summed E-state index contributed by atoms with van der Waals surface area (Å²) < 4.78 is 0. The highest BCUT2D eigenvalue weighted by atomic mass is 35.5. The molecule has 2 aromatic carbocycles. The van der Waals surface area contributed by atoms with E-state index in [4.69, 9.17) is 11.6 Å². The van der Waals surface area contributed by atoms with Gasteiger partial charge < -0.3 is 5.32 Å². The van der Waals surface area contributed by atoms with E-state index in [-0.39, 0.29) is 6.54 Å². The maximum absolute atomic E-state index is 13.0. The van der Waals surface area contributed by atoms with Crippen LogP contribution in [0, 0.1) is 6.92 Å². The third-order valence-corrected chi connectivity index (χ3v) is 5.69. The van der Waals surface area contributed by atoms with Gasteiger partial charge in [0.25, 0.3) is 11.8 Å². The summed E-state index contributed by atoms with van der Waals surface area (Å²) in [6.45, 7) is 5.80. The SMILES string of the molecule is Cc1ccc(NC(=O)CN2N=NC3C(=O)N(c4ccc(C(C)C)cc4)C(=O)C32)c(Cl)c1. The molecule has 3 amide bonds. The zero-order chi connectivity index (χ0) is 22.3. The monoisotopic (exact) mass is 439 g/mol. The van der Waals surface area contributed by atoms with E-state index in [9.17, 15) is 14.4 Å². The first-order chi connectivity index (χ1) is 14.8. The van der Waals surface area contributed by atoms with Crippen molar-refractivity contribution in [3.05, 3.63) is 58.6 Å². The number of aryl methyl sites for hydroxylation is 1. The van der Waals surface area contributed by atoms with Gasteiger partial charge in [0.2, 0.25) is 5.91 Å². The molecule has 0 bridgehead atoms. The summed E-state index contributed by atoms with van der Waals surface area (Å²) in [6.07, 6.45) is 0. The standard InChI is InChI=1S/C22H22ClN5O3/c1-12(2)14-5-7-15(8-6-14)28-21(30)19-20(22(28)31)27(26-25-19)11-18(29)24-17-9-4-13(3)10-16(17)23/h4-10,12,19-20H,11H2,1-3H3,(H,24,29). The Morgan fingerprint density at radius 3 is 2.48 bits per heavy atom. The van der Waals surface area contributed by atoms with Crippen molar-refractivity contribution in [2.45, 2.75) is 38.8 Å². The molecule has 4 rings (SSSR count). The first-order valence-electron chi connectivity index (χ1n) is 9.97. The number of carbonyl (C=O) groups excluding carboxylic acids is 3. The number of nitrogens with zero attached hydrogens (tertiary/aromatic N) is 4. The molecule has 0 aliphatic carbocycles. The van der Waals surface area contributed by atoms with E-state index in [1.54, 1.807) is 24.3 Å². The lowest BCUT2D eigenvalue weighted by atomic mass is 10.0. The number of benzene rings is 2. The summed E-state index contributed by atoms with van der Waals surface area (Å²) in [4.78, 5) is 39.5. The molecule has 1 saturated heterocycles. The van der Waals surface area contributed by atoms with Crippen molar-refractivity contribution in [3.63, 3.8) is 0 Å². The summed E-state index contributed by atoms with van der Waals surface area (Å²) in [6, 6.07) is 10.7. The molecule has 31 heavy (non-hydrogen) atoms. The number of hydrogen-bond acceptors (Lipinski definition) is 6. The normalized spacial score (nSPS) is 20.0. The molecule has 1 N–H and O–H groups in total. The van der Waals surface area contributed by atoms with Gasteiger partial charge >= 0.3 is 0 Å². The third kappa shape index (κ3) is 3.90. The van der Waals surface area contributed by atoms with Crippen LogP contribution in [0.3, 0.4) is 0 Å². The molecule has 2 aliphatic rings. The lowest BCUT2D eigenvalue weighted by Gasteiger charge is -2.20. The Balaban J connectivity index is 1.48. The fourth-order valence-corrected chi connectivity index (χ4v) is 3.96. The van der Waals surface area contributed by atoms with E-state index < -0.39 is 29.8 Å². The number of anilines is 2. The fraction of sp³-hybridized carbons (Fsp3) is 0.318. The highest BCUT2D eigenvalue weighted by molar-refractivity contribution is 6.33. The molecular formula is C22H22ClN5O3. The van der Waals surface area contributed by atoms with Crippen molar-refractivity contribution in [2.75, 3.05) is 16.8 Å². The molecule has 8 nitrogen and oxygen atoms in total. The Kier molecular flexibility index (Phi) is 5.49. The minimum absolute atomic E-state index is 0.228. The van der Waals surface area contributed by atoms with Gasteiger partial charge in [0.05, 0.1) is 16.4 Å². The van der Waals surface area contributed by atoms with E-state index >= 15 is 0 Å². The van der Waals surface area contributed by atoms with Gasteiger partial charge in [0, 0.05) is 0 Å². The van der Waals surface area contributed by atoms with Crippen LogP contribution < -0.4 is 10.2 Å². The molecule has 2 heterocycles. The Bertz CT molecular complexity index is 1080. The Morgan fingerprint density at radius 1 is 1.13 bits per heavy atom. The van der Waals surface area contributed by atoms with Crippen molar-refractivity contribution in [2.24, 2.45) is 10.3 Å². The van der Waals surface area contributed by atoms with Crippen LogP contribution in [0.25, 0.3) is 0 Å². The molecule has 2 atom stereocenters. The van der Waals surface area contributed by atoms with E-state index in [1.807, 2.05) is 25.1 Å². The van der Waals surface area contributed by atoms with Gasteiger partial charge in [-0.25, -0.2) is 4.90 Å². The topological polar surface area (TPSA) is 94.4 Å². The summed E-state index contributed by atoms with van der Waals surface area (Å²) in [5.41, 5.74) is 3.03. The number of amides is 3. The average Bonchev–Trinajstić information content (AvgIpc) is 3.24.